The van der Waals surface area contributed by atoms with Crippen LogP contribution in [0.3, 0.4) is 0 Å². The number of methoxy groups -OCH3 is 1. The van der Waals surface area contributed by atoms with Gasteiger partial charge in [0.05, 0.1) is 17.7 Å². The number of halogens is 1. The number of rotatable bonds is 3. The summed E-state index contributed by atoms with van der Waals surface area (Å²) in [5, 5.41) is 3.07. The maximum atomic E-state index is 12.2. The number of amides is 1. The van der Waals surface area contributed by atoms with Crippen LogP contribution < -0.4 is 5.32 Å². The van der Waals surface area contributed by atoms with E-state index in [2.05, 4.69) is 21.2 Å². The lowest BCUT2D eigenvalue weighted by molar-refractivity contribution is 0.0721. The second-order valence-electron chi connectivity index (χ2n) is 4.77. The number of aryl methyl sites for hydroxylation is 1. The van der Waals surface area contributed by atoms with Crippen molar-refractivity contribution in [1.82, 2.24) is 5.32 Å². The topological polar surface area (TPSA) is 38.3 Å². The van der Waals surface area contributed by atoms with E-state index in [1.165, 1.54) is 0 Å². The lowest BCUT2D eigenvalue weighted by Crippen LogP contribution is -2.40. The van der Waals surface area contributed by atoms with Crippen LogP contribution in [0, 0.1) is 6.92 Å². The molecule has 18 heavy (non-hydrogen) atoms. The average Bonchev–Trinajstić information content (AvgIpc) is 2.79. The first-order chi connectivity index (χ1) is 8.61. The highest BCUT2D eigenvalue weighted by molar-refractivity contribution is 9.10. The summed E-state index contributed by atoms with van der Waals surface area (Å²) >= 11 is 3.42. The first-order valence-corrected chi connectivity index (χ1v) is 7.01. The van der Waals surface area contributed by atoms with Crippen LogP contribution in [0.4, 0.5) is 0 Å². The second-order valence-corrected chi connectivity index (χ2v) is 5.62. The molecule has 1 N–H and O–H groups in total. The molecule has 98 valence electrons. The van der Waals surface area contributed by atoms with Crippen molar-refractivity contribution < 1.29 is 9.53 Å². The molecule has 2 atom stereocenters. The minimum atomic E-state index is -0.0282. The normalized spacial score (nSPS) is 23.1. The van der Waals surface area contributed by atoms with Crippen LogP contribution in [0.2, 0.25) is 0 Å². The summed E-state index contributed by atoms with van der Waals surface area (Å²) in [5.41, 5.74) is 1.77. The number of carbonyl (C=O) groups excluding carboxylic acids is 1. The molecule has 1 saturated carbocycles. The minimum Gasteiger partial charge on any atom is -0.379 e. The summed E-state index contributed by atoms with van der Waals surface area (Å²) in [6.45, 7) is 1.98. The zero-order chi connectivity index (χ0) is 13.1. The van der Waals surface area contributed by atoms with Gasteiger partial charge in [-0.1, -0.05) is 11.6 Å². The van der Waals surface area contributed by atoms with Crippen molar-refractivity contribution in [3.8, 4) is 0 Å². The van der Waals surface area contributed by atoms with Gasteiger partial charge in [0.15, 0.2) is 0 Å². The predicted molar refractivity (Wildman–Crippen MR) is 74.8 cm³/mol. The molecule has 0 radical (unpaired) electrons. The maximum absolute atomic E-state index is 12.2. The molecule has 1 aromatic carbocycles. The zero-order valence-corrected chi connectivity index (χ0v) is 12.3. The maximum Gasteiger partial charge on any atom is 0.252 e. The van der Waals surface area contributed by atoms with E-state index in [1.807, 2.05) is 25.1 Å². The van der Waals surface area contributed by atoms with E-state index in [4.69, 9.17) is 4.74 Å². The van der Waals surface area contributed by atoms with Gasteiger partial charge in [0, 0.05) is 11.6 Å². The largest absolute Gasteiger partial charge is 0.379 e. The Hall–Kier alpha value is -0.870. The quantitative estimate of drug-likeness (QED) is 0.931. The van der Waals surface area contributed by atoms with Gasteiger partial charge in [-0.3, -0.25) is 4.79 Å². The molecule has 1 aromatic rings. The van der Waals surface area contributed by atoms with Gasteiger partial charge in [0.2, 0.25) is 0 Å². The van der Waals surface area contributed by atoms with E-state index in [0.717, 1.165) is 29.3 Å². The minimum absolute atomic E-state index is 0.0282. The van der Waals surface area contributed by atoms with Gasteiger partial charge < -0.3 is 10.1 Å². The molecular weight excluding hydrogens is 294 g/mol. The molecular formula is C14H18BrNO2. The van der Waals surface area contributed by atoms with E-state index in [0.29, 0.717) is 5.56 Å². The highest BCUT2D eigenvalue weighted by atomic mass is 79.9. The Bertz CT molecular complexity index is 447. The molecule has 4 heteroatoms. The summed E-state index contributed by atoms with van der Waals surface area (Å²) in [6, 6.07) is 5.92. The smallest absolute Gasteiger partial charge is 0.252 e. The van der Waals surface area contributed by atoms with Crippen molar-refractivity contribution in [1.29, 1.82) is 0 Å². The summed E-state index contributed by atoms with van der Waals surface area (Å²) in [7, 11) is 1.71. The SMILES string of the molecule is COC1CCCC1NC(=O)c1cc(C)ccc1Br. The molecule has 0 saturated heterocycles. The van der Waals surface area contributed by atoms with Crippen molar-refractivity contribution in [3.05, 3.63) is 33.8 Å². The van der Waals surface area contributed by atoms with E-state index >= 15 is 0 Å². The van der Waals surface area contributed by atoms with Gasteiger partial charge in [-0.2, -0.15) is 0 Å². The number of nitrogens with one attached hydrogen (secondary N) is 1. The van der Waals surface area contributed by atoms with Crippen LogP contribution in [0.25, 0.3) is 0 Å². The number of benzene rings is 1. The third kappa shape index (κ3) is 2.93. The summed E-state index contributed by atoms with van der Waals surface area (Å²) < 4.78 is 6.22. The number of hydrogen-bond donors (Lipinski definition) is 1. The fourth-order valence-electron chi connectivity index (χ4n) is 2.43. The van der Waals surface area contributed by atoms with Crippen molar-refractivity contribution in [3.63, 3.8) is 0 Å². The molecule has 3 nitrogen and oxygen atoms in total. The highest BCUT2D eigenvalue weighted by Crippen LogP contribution is 2.23. The van der Waals surface area contributed by atoms with E-state index in [9.17, 15) is 4.79 Å². The first-order valence-electron chi connectivity index (χ1n) is 6.21. The van der Waals surface area contributed by atoms with Crippen LogP contribution >= 0.6 is 15.9 Å². The Morgan fingerprint density at radius 3 is 2.94 bits per heavy atom. The molecule has 0 aromatic heterocycles. The molecule has 0 spiro atoms. The van der Waals surface area contributed by atoms with Crippen molar-refractivity contribution in [2.75, 3.05) is 7.11 Å². The Balaban J connectivity index is 2.09. The molecule has 0 aliphatic heterocycles. The van der Waals surface area contributed by atoms with Gasteiger partial charge in [-0.25, -0.2) is 0 Å². The van der Waals surface area contributed by atoms with E-state index in [1.54, 1.807) is 7.11 Å². The van der Waals surface area contributed by atoms with Gasteiger partial charge in [-0.15, -0.1) is 0 Å². The first kappa shape index (κ1) is 13.6. The van der Waals surface area contributed by atoms with Crippen LogP contribution in [0.5, 0.6) is 0 Å². The molecule has 0 bridgehead atoms. The molecule has 1 amide bonds. The highest BCUT2D eigenvalue weighted by Gasteiger charge is 2.28. The second kappa shape index (κ2) is 5.85. The Morgan fingerprint density at radius 2 is 2.22 bits per heavy atom. The van der Waals surface area contributed by atoms with Crippen molar-refractivity contribution in [2.24, 2.45) is 0 Å². The Labute approximate surface area is 116 Å². The third-order valence-corrected chi connectivity index (χ3v) is 4.13. The molecule has 1 fully saturated rings. The van der Waals surface area contributed by atoms with E-state index in [-0.39, 0.29) is 18.1 Å². The number of carbonyl (C=O) groups is 1. The standard InChI is InChI=1S/C14H18BrNO2/c1-9-6-7-11(15)10(8-9)14(17)16-12-4-3-5-13(12)18-2/h6-8,12-13H,3-5H2,1-2H3,(H,16,17). The van der Waals surface area contributed by atoms with Crippen LogP contribution in [0.15, 0.2) is 22.7 Å². The third-order valence-electron chi connectivity index (χ3n) is 3.44. The van der Waals surface area contributed by atoms with Gasteiger partial charge >= 0.3 is 0 Å². The molecule has 2 rings (SSSR count). The zero-order valence-electron chi connectivity index (χ0n) is 10.7. The van der Waals surface area contributed by atoms with Crippen molar-refractivity contribution >= 4 is 21.8 Å². The monoisotopic (exact) mass is 311 g/mol. The molecule has 1 aliphatic rings. The average molecular weight is 312 g/mol. The fraction of sp³-hybridized carbons (Fsp3) is 0.500. The Morgan fingerprint density at radius 1 is 1.44 bits per heavy atom. The van der Waals surface area contributed by atoms with Crippen LogP contribution in [-0.4, -0.2) is 25.2 Å². The lowest BCUT2D eigenvalue weighted by atomic mass is 10.1. The summed E-state index contributed by atoms with van der Waals surface area (Å²) in [6.07, 6.45) is 3.28. The summed E-state index contributed by atoms with van der Waals surface area (Å²) in [5.74, 6) is -0.0282. The van der Waals surface area contributed by atoms with Crippen LogP contribution in [-0.2, 0) is 4.74 Å². The predicted octanol–water partition coefficient (Wildman–Crippen LogP) is 3.05. The van der Waals surface area contributed by atoms with Crippen LogP contribution in [0.1, 0.15) is 35.2 Å². The van der Waals surface area contributed by atoms with Crippen molar-refractivity contribution in [2.45, 2.75) is 38.3 Å². The number of ether oxygens (including phenoxy) is 1. The fourth-order valence-corrected chi connectivity index (χ4v) is 2.86. The van der Waals surface area contributed by atoms with E-state index < -0.39 is 0 Å². The Kier molecular flexibility index (Phi) is 4.40. The molecule has 1 aliphatic carbocycles. The lowest BCUT2D eigenvalue weighted by Gasteiger charge is -2.20. The number of hydrogen-bond acceptors (Lipinski definition) is 2. The van der Waals surface area contributed by atoms with Gasteiger partial charge in [0.1, 0.15) is 0 Å². The molecule has 2 unspecified atom stereocenters. The van der Waals surface area contributed by atoms with Gasteiger partial charge in [-0.05, 0) is 54.2 Å². The summed E-state index contributed by atoms with van der Waals surface area (Å²) in [4.78, 5) is 12.2. The molecule has 0 heterocycles. The van der Waals surface area contributed by atoms with Gasteiger partial charge in [0.25, 0.3) is 5.91 Å².